The molecule has 12 bridgehead atoms. The summed E-state index contributed by atoms with van der Waals surface area (Å²) in [6.07, 6.45) is 0. The number of ether oxygens (including phenoxy) is 9. The zero-order chi connectivity index (χ0) is 63.8. The Morgan fingerprint density at radius 3 is 0.488 bits per heavy atom. The van der Waals surface area contributed by atoms with Crippen LogP contribution in [0.2, 0.25) is 0 Å². The summed E-state index contributed by atoms with van der Waals surface area (Å²) in [4.78, 5) is 0. The van der Waals surface area contributed by atoms with E-state index in [2.05, 4.69) is 98.7 Å². The van der Waals surface area contributed by atoms with Crippen molar-refractivity contribution in [2.75, 3.05) is 64.0 Å². The van der Waals surface area contributed by atoms with Crippen molar-refractivity contribution in [3.05, 3.63) is 120 Å². The summed E-state index contributed by atoms with van der Waals surface area (Å²) in [6.45, 7) is 20.9. The van der Waals surface area contributed by atoms with Crippen LogP contribution in [0.3, 0.4) is 0 Å². The number of methoxy groups -OCH3 is 9. The molecular formula is C65H86Cl6O9Se6. The molecule has 5 aromatic rings. The zero-order valence-corrected chi connectivity index (χ0v) is 67.8. The third-order valence-electron chi connectivity index (χ3n) is 14.5. The number of hydrogen-bond donors (Lipinski definition) is 0. The maximum Gasteiger partial charge on any atom is 0.180 e. The molecule has 9 nitrogen and oxygen atoms in total. The molecule has 0 aromatic heterocycles. The molecule has 0 saturated carbocycles. The third-order valence-corrected chi connectivity index (χ3v) is 27.2. The van der Waals surface area contributed by atoms with Gasteiger partial charge in [0.05, 0.1) is 0 Å². The van der Waals surface area contributed by atoms with Gasteiger partial charge in [0.2, 0.25) is 0 Å². The van der Waals surface area contributed by atoms with Crippen molar-refractivity contribution in [3.63, 3.8) is 0 Å². The van der Waals surface area contributed by atoms with Crippen molar-refractivity contribution < 1.29 is 42.6 Å². The standard InChI is InChI=1S/C63H84O9Se6.2CHCl3/c1-61(2,3)43-19-37-25-73-31-46-55(67-13)48-33-75-27-39-21-44(62(4,5)6)22-40(53(39)65-11)28-76-34-49-56(68-14)47(32-74-26-38(20-43)52(37)64-10)58(70-16)51(60(49)72-18)36-78-30-42-24-45(63(7,8)9)23-41(54(42)66-12)29-77-35-50(57(46)69-15)59(48)71-17;2*2-1(3)4/h19-24H,25-36H2,1-18H3;2*1H. The molecule has 0 aliphatic carbocycles. The van der Waals surface area contributed by atoms with E-state index in [1.807, 2.05) is 64.0 Å². The molecule has 3 aliphatic heterocycles. The first-order chi connectivity index (χ1) is 40.7. The fourth-order valence-electron chi connectivity index (χ4n) is 10.5. The van der Waals surface area contributed by atoms with Gasteiger partial charge in [-0.1, -0.05) is 69.6 Å². The summed E-state index contributed by atoms with van der Waals surface area (Å²) >= 11 is 29.5. The second kappa shape index (κ2) is 35.4. The van der Waals surface area contributed by atoms with Gasteiger partial charge in [0, 0.05) is 0 Å². The molecule has 86 heavy (non-hydrogen) atoms. The summed E-state index contributed by atoms with van der Waals surface area (Å²) in [5, 5.41) is 10.3. The predicted octanol–water partition coefficient (Wildman–Crippen LogP) is 14.7. The van der Waals surface area contributed by atoms with Crippen LogP contribution < -0.4 is 42.6 Å². The van der Waals surface area contributed by atoms with E-state index < -0.39 is 8.59 Å². The van der Waals surface area contributed by atoms with Crippen LogP contribution in [-0.4, -0.2) is 162 Å². The minimum absolute atomic E-state index is 0.0518. The molecule has 3 heterocycles. The molecule has 0 fully saturated rings. The van der Waals surface area contributed by atoms with Crippen LogP contribution in [0.5, 0.6) is 51.7 Å². The summed E-state index contributed by atoms with van der Waals surface area (Å²) < 4.78 is 57.6. The normalized spacial score (nSPS) is 14.6. The Bertz CT molecular complexity index is 2530. The van der Waals surface area contributed by atoms with Crippen LogP contribution in [0, 0.1) is 0 Å². The van der Waals surface area contributed by atoms with E-state index >= 15 is 0 Å². The second-order valence-corrected chi connectivity index (χ2v) is 39.6. The SMILES string of the molecule is COc1c2cc(C(C)(C)C)cc1C[Se]Cc1c(OC)c3c(OC)c(c1OC)C[Se]Cc1cc(C(C)(C)C)cc(c1OC)C[Se]Cc1c(OC)c(c(OC)c(c1OC)C[Se]Cc1cc(C(C)(C)C)cc(c1OC)C[Se]C3)C[Se]C2.ClC(Cl)Cl.ClC(Cl)Cl. The van der Waals surface area contributed by atoms with E-state index in [-0.39, 0.29) is 106 Å². The maximum absolute atomic E-state index is 6.62. The number of hydrogen-bond acceptors (Lipinski definition) is 9. The van der Waals surface area contributed by atoms with Crippen LogP contribution in [-0.2, 0) is 80.1 Å². The Kier molecular flexibility index (Phi) is 31.3. The molecule has 0 radical (unpaired) electrons. The predicted molar refractivity (Wildman–Crippen MR) is 369 cm³/mol. The first-order valence-electron chi connectivity index (χ1n) is 27.7. The number of benzene rings is 5. The summed E-state index contributed by atoms with van der Waals surface area (Å²) in [5.41, 5.74) is 18.3. The maximum atomic E-state index is 6.62. The van der Waals surface area contributed by atoms with Gasteiger partial charge in [0.25, 0.3) is 0 Å². The molecule has 0 unspecified atom stereocenters. The quantitative estimate of drug-likeness (QED) is 0.106. The summed E-state index contributed by atoms with van der Waals surface area (Å²) in [7, 11) is 16.5. The minimum Gasteiger partial charge on any atom is -0.0874 e. The van der Waals surface area contributed by atoms with Crippen molar-refractivity contribution in [2.24, 2.45) is 0 Å². The largest absolute Gasteiger partial charge is 0.180 e. The fraction of sp³-hybridized carbons (Fsp3) is 0.538. The number of alkyl halides is 6. The molecule has 0 spiro atoms. The average Bonchev–Trinajstić information content (AvgIpc) is 1.07. The van der Waals surface area contributed by atoms with Gasteiger partial charge < -0.3 is 0 Å². The zero-order valence-electron chi connectivity index (χ0n) is 53.0. The van der Waals surface area contributed by atoms with E-state index in [1.165, 1.54) is 50.1 Å². The molecule has 5 aromatic carbocycles. The number of rotatable bonds is 9. The topological polar surface area (TPSA) is 83.1 Å². The van der Waals surface area contributed by atoms with Crippen LogP contribution in [0.15, 0.2) is 36.4 Å². The molecule has 8 rings (SSSR count). The van der Waals surface area contributed by atoms with Crippen molar-refractivity contribution in [1.29, 1.82) is 0 Å². The monoisotopic (exact) mass is 1700 g/mol. The molecule has 0 atom stereocenters. The molecule has 0 N–H and O–H groups in total. The van der Waals surface area contributed by atoms with Gasteiger partial charge in [0.15, 0.2) is 8.59 Å². The molecule has 0 amide bonds. The third kappa shape index (κ3) is 20.1. The van der Waals surface area contributed by atoms with Crippen molar-refractivity contribution in [3.8, 4) is 51.7 Å². The first-order valence-corrected chi connectivity index (χ1v) is 44.9. The Morgan fingerprint density at radius 2 is 0.384 bits per heavy atom. The molecule has 0 saturated heterocycles. The number of halogens is 6. The van der Waals surface area contributed by atoms with Crippen LogP contribution >= 0.6 is 69.6 Å². The van der Waals surface area contributed by atoms with Gasteiger partial charge in [-0.25, -0.2) is 0 Å². The number of fused-ring (bicyclic) bond motifs is 12. The van der Waals surface area contributed by atoms with Crippen LogP contribution in [0.1, 0.15) is 146 Å². The van der Waals surface area contributed by atoms with Crippen LogP contribution in [0.25, 0.3) is 0 Å². The van der Waals surface area contributed by atoms with Crippen molar-refractivity contribution >= 4 is 159 Å². The van der Waals surface area contributed by atoms with Gasteiger partial charge in [-0.05, 0) is 0 Å². The van der Waals surface area contributed by atoms with Crippen molar-refractivity contribution in [2.45, 2.75) is 151 Å². The molecule has 21 heteroatoms. The van der Waals surface area contributed by atoms with E-state index in [0.717, 1.165) is 149 Å². The Morgan fingerprint density at radius 1 is 0.256 bits per heavy atom. The van der Waals surface area contributed by atoms with E-state index in [9.17, 15) is 0 Å². The van der Waals surface area contributed by atoms with E-state index in [0.29, 0.717) is 0 Å². The fourth-order valence-corrected chi connectivity index (χ4v) is 23.2. The first kappa shape index (κ1) is 75.9. The van der Waals surface area contributed by atoms with Gasteiger partial charge >= 0.3 is 510 Å². The van der Waals surface area contributed by atoms with Crippen LogP contribution in [0.4, 0.5) is 0 Å². The molecule has 3 aliphatic rings. The van der Waals surface area contributed by atoms with Gasteiger partial charge in [0.1, 0.15) is 0 Å². The van der Waals surface area contributed by atoms with E-state index in [1.54, 1.807) is 0 Å². The minimum atomic E-state index is -0.750. The van der Waals surface area contributed by atoms with Gasteiger partial charge in [-0.15, -0.1) is 0 Å². The average molecular weight is 1700 g/mol. The van der Waals surface area contributed by atoms with Gasteiger partial charge in [-0.3, -0.25) is 0 Å². The second-order valence-electron chi connectivity index (χ2n) is 23.3. The van der Waals surface area contributed by atoms with E-state index in [4.69, 9.17) is 112 Å². The summed E-state index contributed by atoms with van der Waals surface area (Å²) in [5.74, 6) is 8.43. The van der Waals surface area contributed by atoms with Gasteiger partial charge in [-0.2, -0.15) is 0 Å². The van der Waals surface area contributed by atoms with Crippen molar-refractivity contribution in [1.82, 2.24) is 0 Å². The Balaban J connectivity index is 0.00000159. The molecule has 478 valence electrons. The molecular weight excluding hydrogens is 1610 g/mol. The smallest absolute Gasteiger partial charge is 0.0874 e. The summed E-state index contributed by atoms with van der Waals surface area (Å²) in [6, 6.07) is 14.5. The Hall–Kier alpha value is -0.843. The Labute approximate surface area is 582 Å².